The van der Waals surface area contributed by atoms with Crippen LogP contribution in [-0.2, 0) is 14.3 Å². The summed E-state index contributed by atoms with van der Waals surface area (Å²) in [5, 5.41) is 44.6. The van der Waals surface area contributed by atoms with E-state index in [9.17, 15) is 34.8 Å². The van der Waals surface area contributed by atoms with Gasteiger partial charge in [-0.2, -0.15) is 0 Å². The Morgan fingerprint density at radius 3 is 2.22 bits per heavy atom. The number of nitrogens with zero attached hydrogens (tertiary/aromatic N) is 1. The van der Waals surface area contributed by atoms with Gasteiger partial charge in [-0.3, -0.25) is 14.5 Å². The predicted octanol–water partition coefficient (Wildman–Crippen LogP) is 0.819. The van der Waals surface area contributed by atoms with Gasteiger partial charge in [-0.25, -0.2) is 4.79 Å². The van der Waals surface area contributed by atoms with Crippen LogP contribution in [0.3, 0.4) is 0 Å². The highest BCUT2D eigenvalue weighted by Gasteiger charge is 2.44. The topological polar surface area (TPSA) is 187 Å². The van der Waals surface area contributed by atoms with Gasteiger partial charge in [0.25, 0.3) is 5.91 Å². The first-order chi connectivity index (χ1) is 19.4. The van der Waals surface area contributed by atoms with Crippen molar-refractivity contribution in [3.8, 4) is 5.75 Å². The van der Waals surface area contributed by atoms with Crippen LogP contribution in [0.1, 0.15) is 37.6 Å². The van der Waals surface area contributed by atoms with Crippen LogP contribution in [0.5, 0.6) is 5.75 Å². The van der Waals surface area contributed by atoms with Gasteiger partial charge in [0, 0.05) is 24.2 Å². The third kappa shape index (κ3) is 9.40. The first-order valence-corrected chi connectivity index (χ1v) is 13.1. The number of rotatable bonds is 10. The molecule has 1 aliphatic heterocycles. The Labute approximate surface area is 237 Å². The first-order valence-electron chi connectivity index (χ1n) is 13.1. The van der Waals surface area contributed by atoms with Crippen LogP contribution >= 0.6 is 0 Å². The number of ether oxygens (including phenoxy) is 3. The van der Waals surface area contributed by atoms with E-state index in [1.54, 1.807) is 51.1 Å². The van der Waals surface area contributed by atoms with E-state index < -0.39 is 54.9 Å². The second-order valence-corrected chi connectivity index (χ2v) is 10.4. The molecule has 0 spiro atoms. The van der Waals surface area contributed by atoms with Gasteiger partial charge >= 0.3 is 6.09 Å². The van der Waals surface area contributed by atoms with E-state index in [1.807, 2.05) is 0 Å². The van der Waals surface area contributed by atoms with Gasteiger partial charge in [0.15, 0.2) is 0 Å². The Kier molecular flexibility index (Phi) is 11.0. The van der Waals surface area contributed by atoms with E-state index >= 15 is 0 Å². The third-order valence-corrected chi connectivity index (χ3v) is 5.97. The number of hydrogen-bond donors (Lipinski definition) is 6. The fraction of sp³-hybridized carbons (Fsp3) is 0.464. The minimum absolute atomic E-state index is 0.0336. The van der Waals surface area contributed by atoms with Gasteiger partial charge < -0.3 is 45.3 Å². The average molecular weight is 576 g/mol. The molecule has 5 atom stereocenters. The van der Waals surface area contributed by atoms with Crippen molar-refractivity contribution in [1.29, 1.82) is 0 Å². The number of carbonyl (C=O) groups is 3. The summed E-state index contributed by atoms with van der Waals surface area (Å²) in [6, 6.07) is 14.5. The van der Waals surface area contributed by atoms with Crippen molar-refractivity contribution < 1.29 is 49.0 Å². The molecule has 0 aromatic heterocycles. The monoisotopic (exact) mass is 575 g/mol. The maximum Gasteiger partial charge on any atom is 0.411 e. The van der Waals surface area contributed by atoms with Crippen LogP contribution in [0, 0.1) is 0 Å². The van der Waals surface area contributed by atoms with Gasteiger partial charge in [-0.15, -0.1) is 0 Å². The molecular weight excluding hydrogens is 538 g/mol. The molecule has 1 saturated heterocycles. The molecule has 224 valence electrons. The first kappa shape index (κ1) is 31.8. The van der Waals surface area contributed by atoms with Gasteiger partial charge in [0.05, 0.1) is 13.3 Å². The summed E-state index contributed by atoms with van der Waals surface area (Å²) in [4.78, 5) is 39.0. The summed E-state index contributed by atoms with van der Waals surface area (Å²) in [5.74, 6) is -0.553. The van der Waals surface area contributed by atoms with Crippen LogP contribution in [0.25, 0.3) is 0 Å². The molecule has 41 heavy (non-hydrogen) atoms. The van der Waals surface area contributed by atoms with Gasteiger partial charge in [0.1, 0.15) is 35.8 Å². The molecule has 6 N–H and O–H groups in total. The summed E-state index contributed by atoms with van der Waals surface area (Å²) < 4.78 is 16.3. The number of amides is 3. The minimum Gasteiger partial charge on any atom is -0.462 e. The Bertz CT molecular complexity index is 1150. The van der Waals surface area contributed by atoms with Crippen LogP contribution in [0.15, 0.2) is 54.6 Å². The lowest BCUT2D eigenvalue weighted by molar-refractivity contribution is -0.277. The molecule has 13 heteroatoms. The molecule has 0 bridgehead atoms. The molecule has 0 aliphatic carbocycles. The van der Waals surface area contributed by atoms with Crippen LogP contribution in [0.2, 0.25) is 0 Å². The number of anilines is 1. The highest BCUT2D eigenvalue weighted by Crippen LogP contribution is 2.25. The molecule has 0 radical (unpaired) electrons. The Morgan fingerprint density at radius 1 is 0.951 bits per heavy atom. The maximum atomic E-state index is 12.7. The molecule has 2 aromatic rings. The number of benzene rings is 2. The zero-order valence-electron chi connectivity index (χ0n) is 23.1. The molecule has 1 fully saturated rings. The van der Waals surface area contributed by atoms with Crippen LogP contribution < -0.4 is 15.4 Å². The molecule has 3 rings (SSSR count). The summed E-state index contributed by atoms with van der Waals surface area (Å²) in [6.45, 7) is 4.35. The maximum absolute atomic E-state index is 12.7. The highest BCUT2D eigenvalue weighted by atomic mass is 16.7. The zero-order valence-corrected chi connectivity index (χ0v) is 23.1. The molecule has 2 unspecified atom stereocenters. The molecule has 0 saturated carbocycles. The van der Waals surface area contributed by atoms with E-state index in [4.69, 9.17) is 14.2 Å². The van der Waals surface area contributed by atoms with Crippen molar-refractivity contribution in [2.75, 3.05) is 25.1 Å². The Balaban J connectivity index is 1.55. The smallest absolute Gasteiger partial charge is 0.411 e. The van der Waals surface area contributed by atoms with Crippen molar-refractivity contribution >= 4 is 23.6 Å². The van der Waals surface area contributed by atoms with Crippen molar-refractivity contribution in [2.45, 2.75) is 63.5 Å². The number of aliphatic hydroxyl groups is 4. The lowest BCUT2D eigenvalue weighted by Gasteiger charge is -2.39. The molecule has 1 heterocycles. The van der Waals surface area contributed by atoms with E-state index in [0.717, 1.165) is 0 Å². The second kappa shape index (κ2) is 14.2. The lowest BCUT2D eigenvalue weighted by atomic mass is 9.99. The standard InChI is InChI=1S/C28H37N3O10/c1-28(2,3)41-27(38)31(16-29-25(37)17-7-5-4-6-8-17)14-13-21(33)30-18-9-11-19(12-10-18)39-26-24(36)23(35)22(34)20(15-32)40-26/h4-12,20,22-24,26,32,34-36H,13-16H2,1-3H3,(H,29,37)(H,30,33)/t20?,22-,23-,24?,26-/m0/s1. The second-order valence-electron chi connectivity index (χ2n) is 10.4. The van der Waals surface area contributed by atoms with E-state index in [0.29, 0.717) is 11.3 Å². The molecule has 2 aromatic carbocycles. The van der Waals surface area contributed by atoms with E-state index in [2.05, 4.69) is 10.6 Å². The van der Waals surface area contributed by atoms with Crippen molar-refractivity contribution in [3.63, 3.8) is 0 Å². The van der Waals surface area contributed by atoms with Crippen molar-refractivity contribution in [1.82, 2.24) is 10.2 Å². The van der Waals surface area contributed by atoms with Crippen molar-refractivity contribution in [3.05, 3.63) is 60.2 Å². The van der Waals surface area contributed by atoms with Gasteiger partial charge in [0.2, 0.25) is 12.2 Å². The average Bonchev–Trinajstić information content (AvgIpc) is 2.93. The van der Waals surface area contributed by atoms with E-state index in [1.165, 1.54) is 29.2 Å². The van der Waals surface area contributed by atoms with Crippen LogP contribution in [0.4, 0.5) is 10.5 Å². The predicted molar refractivity (Wildman–Crippen MR) is 146 cm³/mol. The minimum atomic E-state index is -1.57. The Hall–Kier alpha value is -3.75. The quantitative estimate of drug-likeness (QED) is 0.221. The fourth-order valence-corrected chi connectivity index (χ4v) is 3.80. The normalized spacial score (nSPS) is 22.4. The fourth-order valence-electron chi connectivity index (χ4n) is 3.80. The molecule has 13 nitrogen and oxygen atoms in total. The summed E-state index contributed by atoms with van der Waals surface area (Å²) >= 11 is 0. The largest absolute Gasteiger partial charge is 0.462 e. The van der Waals surface area contributed by atoms with Gasteiger partial charge in [-0.05, 0) is 57.2 Å². The third-order valence-electron chi connectivity index (χ3n) is 5.97. The number of hydrogen-bond acceptors (Lipinski definition) is 10. The molecule has 3 amide bonds. The molecule has 1 aliphatic rings. The lowest BCUT2D eigenvalue weighted by Crippen LogP contribution is -2.60. The highest BCUT2D eigenvalue weighted by molar-refractivity contribution is 5.94. The molecular formula is C28H37N3O10. The number of carbonyl (C=O) groups excluding carboxylic acids is 3. The summed E-state index contributed by atoms with van der Waals surface area (Å²) in [5.41, 5.74) is 0.0613. The number of aliphatic hydroxyl groups excluding tert-OH is 4. The summed E-state index contributed by atoms with van der Waals surface area (Å²) in [7, 11) is 0. The van der Waals surface area contributed by atoms with E-state index in [-0.39, 0.29) is 31.3 Å². The Morgan fingerprint density at radius 2 is 1.61 bits per heavy atom. The number of nitrogens with one attached hydrogen (secondary N) is 2. The van der Waals surface area contributed by atoms with Crippen molar-refractivity contribution in [2.24, 2.45) is 0 Å². The van der Waals surface area contributed by atoms with Gasteiger partial charge in [-0.1, -0.05) is 18.2 Å². The van der Waals surface area contributed by atoms with Crippen LogP contribution in [-0.4, -0.2) is 99.4 Å². The zero-order chi connectivity index (χ0) is 30.2. The SMILES string of the molecule is CC(C)(C)OC(=O)N(CCC(=O)Nc1ccc(O[C@H]2OC(CO)[C@H](O)[C@H](O)C2O)cc1)CNC(=O)c1ccccc1. The summed E-state index contributed by atoms with van der Waals surface area (Å²) in [6.07, 6.45) is -7.86.